The third-order valence-electron chi connectivity index (χ3n) is 4.96. The SMILES string of the molecule is O=c1nc(N(Cc2cccnc2)c2cccnc2)oc2cc(OCc3cccnc3)ccc12. The Hall–Kier alpha value is -4.59. The Morgan fingerprint density at radius 1 is 0.848 bits per heavy atom. The first-order valence-electron chi connectivity index (χ1n) is 10.3. The van der Waals surface area contributed by atoms with E-state index in [0.717, 1.165) is 16.8 Å². The van der Waals surface area contributed by atoms with E-state index < -0.39 is 0 Å². The second-order valence-electron chi connectivity index (χ2n) is 7.27. The fraction of sp³-hybridized carbons (Fsp3) is 0.0800. The van der Waals surface area contributed by atoms with Gasteiger partial charge in [0.25, 0.3) is 5.56 Å². The molecule has 8 heteroatoms. The first-order valence-corrected chi connectivity index (χ1v) is 10.3. The molecule has 0 radical (unpaired) electrons. The number of nitrogens with zero attached hydrogens (tertiary/aromatic N) is 5. The van der Waals surface area contributed by atoms with Crippen molar-refractivity contribution in [2.24, 2.45) is 0 Å². The van der Waals surface area contributed by atoms with Gasteiger partial charge in [-0.3, -0.25) is 24.6 Å². The Labute approximate surface area is 189 Å². The summed E-state index contributed by atoms with van der Waals surface area (Å²) in [7, 11) is 0. The minimum atomic E-state index is -0.384. The average Bonchev–Trinajstić information content (AvgIpc) is 2.87. The van der Waals surface area contributed by atoms with Crippen LogP contribution in [0.4, 0.5) is 11.7 Å². The van der Waals surface area contributed by atoms with E-state index >= 15 is 0 Å². The summed E-state index contributed by atoms with van der Waals surface area (Å²) in [5.41, 5.74) is 2.60. The maximum absolute atomic E-state index is 12.8. The Bertz CT molecular complexity index is 1410. The van der Waals surface area contributed by atoms with E-state index in [0.29, 0.717) is 29.9 Å². The van der Waals surface area contributed by atoms with Crippen LogP contribution < -0.4 is 15.2 Å². The predicted octanol–water partition coefficient (Wildman–Crippen LogP) is 4.29. The summed E-state index contributed by atoms with van der Waals surface area (Å²) in [4.78, 5) is 31.3. The Kier molecular flexibility index (Phi) is 5.71. The van der Waals surface area contributed by atoms with Gasteiger partial charge < -0.3 is 9.15 Å². The van der Waals surface area contributed by atoms with Gasteiger partial charge >= 0.3 is 6.01 Å². The third-order valence-corrected chi connectivity index (χ3v) is 4.96. The molecule has 8 nitrogen and oxygen atoms in total. The van der Waals surface area contributed by atoms with Crippen LogP contribution in [0, 0.1) is 0 Å². The Morgan fingerprint density at radius 2 is 1.58 bits per heavy atom. The van der Waals surface area contributed by atoms with Crippen molar-refractivity contribution < 1.29 is 9.15 Å². The van der Waals surface area contributed by atoms with Crippen molar-refractivity contribution in [1.82, 2.24) is 19.9 Å². The number of ether oxygens (including phenoxy) is 1. The molecule has 0 aliphatic rings. The first kappa shape index (κ1) is 20.3. The van der Waals surface area contributed by atoms with Crippen LogP contribution in [0.5, 0.6) is 5.75 Å². The van der Waals surface area contributed by atoms with E-state index in [4.69, 9.17) is 9.15 Å². The molecule has 4 aromatic heterocycles. The molecule has 0 saturated carbocycles. The maximum atomic E-state index is 12.8. The largest absolute Gasteiger partial charge is 0.489 e. The zero-order chi connectivity index (χ0) is 22.5. The zero-order valence-electron chi connectivity index (χ0n) is 17.5. The standard InChI is InChI=1S/C25H19N5O3/c31-24-22-8-7-21(32-17-19-5-2-10-27-14-19)12-23(22)33-25(29-24)30(20-6-3-11-28-15-20)16-18-4-1-9-26-13-18/h1-15H,16-17H2. The number of hydrogen-bond donors (Lipinski definition) is 0. The monoisotopic (exact) mass is 437 g/mol. The number of pyridine rings is 3. The predicted molar refractivity (Wildman–Crippen MR) is 123 cm³/mol. The molecule has 162 valence electrons. The fourth-order valence-corrected chi connectivity index (χ4v) is 3.34. The topological polar surface area (TPSA) is 94.2 Å². The molecule has 5 aromatic rings. The molecule has 0 bridgehead atoms. The minimum Gasteiger partial charge on any atom is -0.489 e. The van der Waals surface area contributed by atoms with Crippen LogP contribution in [-0.4, -0.2) is 19.9 Å². The summed E-state index contributed by atoms with van der Waals surface area (Å²) in [5, 5.41) is 0.375. The van der Waals surface area contributed by atoms with Gasteiger partial charge in [0.1, 0.15) is 17.9 Å². The van der Waals surface area contributed by atoms with E-state index in [2.05, 4.69) is 19.9 Å². The molecule has 0 spiro atoms. The van der Waals surface area contributed by atoms with E-state index in [1.165, 1.54) is 0 Å². The molecular weight excluding hydrogens is 418 g/mol. The molecule has 4 heterocycles. The lowest BCUT2D eigenvalue weighted by atomic mass is 10.2. The van der Waals surface area contributed by atoms with Crippen LogP contribution in [0.3, 0.4) is 0 Å². The van der Waals surface area contributed by atoms with Crippen molar-refractivity contribution in [1.29, 1.82) is 0 Å². The minimum absolute atomic E-state index is 0.161. The lowest BCUT2D eigenvalue weighted by Crippen LogP contribution is -2.21. The summed E-state index contributed by atoms with van der Waals surface area (Å²) in [5.74, 6) is 0.576. The highest BCUT2D eigenvalue weighted by Gasteiger charge is 2.17. The normalized spacial score (nSPS) is 10.8. The summed E-state index contributed by atoms with van der Waals surface area (Å²) in [6, 6.07) is 16.5. The molecule has 33 heavy (non-hydrogen) atoms. The van der Waals surface area contributed by atoms with Gasteiger partial charge in [0.2, 0.25) is 0 Å². The van der Waals surface area contributed by atoms with Crippen molar-refractivity contribution in [2.75, 3.05) is 4.90 Å². The van der Waals surface area contributed by atoms with E-state index in [1.807, 2.05) is 36.4 Å². The van der Waals surface area contributed by atoms with Gasteiger partial charge in [-0.2, -0.15) is 4.98 Å². The van der Waals surface area contributed by atoms with E-state index in [-0.39, 0.29) is 11.6 Å². The van der Waals surface area contributed by atoms with Crippen LogP contribution in [0.1, 0.15) is 11.1 Å². The molecule has 0 atom stereocenters. The summed E-state index contributed by atoms with van der Waals surface area (Å²) >= 11 is 0. The lowest BCUT2D eigenvalue weighted by Gasteiger charge is -2.21. The van der Waals surface area contributed by atoms with Gasteiger partial charge in [0.15, 0.2) is 0 Å². The first-order chi connectivity index (χ1) is 16.3. The smallest absolute Gasteiger partial charge is 0.306 e. The second-order valence-corrected chi connectivity index (χ2v) is 7.27. The van der Waals surface area contributed by atoms with Crippen molar-refractivity contribution in [2.45, 2.75) is 13.2 Å². The maximum Gasteiger partial charge on any atom is 0.306 e. The molecule has 5 rings (SSSR count). The average molecular weight is 437 g/mol. The van der Waals surface area contributed by atoms with Gasteiger partial charge in [0.05, 0.1) is 23.8 Å². The zero-order valence-corrected chi connectivity index (χ0v) is 17.5. The quantitative estimate of drug-likeness (QED) is 0.372. The molecule has 0 amide bonds. The van der Waals surface area contributed by atoms with Gasteiger partial charge in [-0.05, 0) is 42.0 Å². The van der Waals surface area contributed by atoms with Gasteiger partial charge in [-0.1, -0.05) is 12.1 Å². The van der Waals surface area contributed by atoms with Crippen LogP contribution in [0.2, 0.25) is 0 Å². The van der Waals surface area contributed by atoms with Crippen LogP contribution in [0.15, 0.2) is 101 Å². The van der Waals surface area contributed by atoms with Crippen LogP contribution in [-0.2, 0) is 13.2 Å². The van der Waals surface area contributed by atoms with Crippen LogP contribution in [0.25, 0.3) is 11.0 Å². The molecule has 0 aliphatic heterocycles. The van der Waals surface area contributed by atoms with Crippen molar-refractivity contribution in [3.8, 4) is 5.75 Å². The van der Waals surface area contributed by atoms with Crippen molar-refractivity contribution in [3.63, 3.8) is 0 Å². The summed E-state index contributed by atoms with van der Waals surface area (Å²) in [6.45, 7) is 0.752. The lowest BCUT2D eigenvalue weighted by molar-refractivity contribution is 0.305. The molecule has 0 unspecified atom stereocenters. The highest BCUT2D eigenvalue weighted by atomic mass is 16.5. The molecule has 0 N–H and O–H groups in total. The Balaban J connectivity index is 1.51. The summed E-state index contributed by atoms with van der Waals surface area (Å²) < 4.78 is 12.0. The van der Waals surface area contributed by atoms with Crippen molar-refractivity contribution in [3.05, 3.63) is 113 Å². The molecule has 0 aliphatic carbocycles. The number of rotatable bonds is 7. The van der Waals surface area contributed by atoms with Gasteiger partial charge in [-0.15, -0.1) is 0 Å². The molecule has 1 aromatic carbocycles. The van der Waals surface area contributed by atoms with Gasteiger partial charge in [-0.25, -0.2) is 0 Å². The van der Waals surface area contributed by atoms with Crippen molar-refractivity contribution >= 4 is 22.7 Å². The molecule has 0 fully saturated rings. The fourth-order valence-electron chi connectivity index (χ4n) is 3.34. The number of aromatic nitrogens is 4. The molecule has 0 saturated heterocycles. The number of fused-ring (bicyclic) bond motifs is 1. The summed E-state index contributed by atoms with van der Waals surface area (Å²) in [6.07, 6.45) is 10.3. The highest BCUT2D eigenvalue weighted by Crippen LogP contribution is 2.28. The van der Waals surface area contributed by atoms with Gasteiger partial charge in [0, 0.05) is 42.6 Å². The Morgan fingerprint density at radius 3 is 2.27 bits per heavy atom. The number of hydrogen-bond acceptors (Lipinski definition) is 8. The van der Waals surface area contributed by atoms with E-state index in [1.54, 1.807) is 60.3 Å². The van der Waals surface area contributed by atoms with Crippen LogP contribution >= 0.6 is 0 Å². The van der Waals surface area contributed by atoms with E-state index in [9.17, 15) is 4.79 Å². The molecular formula is C25H19N5O3. The second kappa shape index (κ2) is 9.27. The number of benzene rings is 1. The third kappa shape index (κ3) is 4.69. The number of anilines is 2. The highest BCUT2D eigenvalue weighted by molar-refractivity contribution is 5.78.